The summed E-state index contributed by atoms with van der Waals surface area (Å²) in [7, 11) is 0. The number of hydrogen-bond donors (Lipinski definition) is 3. The van der Waals surface area contributed by atoms with Gasteiger partial charge in [-0.3, -0.25) is 0 Å². The fourth-order valence-electron chi connectivity index (χ4n) is 0.622. The summed E-state index contributed by atoms with van der Waals surface area (Å²) in [5, 5.41) is 24.5. The van der Waals surface area contributed by atoms with E-state index in [2.05, 4.69) is 19.7 Å². The van der Waals surface area contributed by atoms with E-state index in [4.69, 9.17) is 24.8 Å². The Balaban J connectivity index is -0.000000239. The van der Waals surface area contributed by atoms with Gasteiger partial charge in [0.25, 0.3) is 0 Å². The Hall–Kier alpha value is -0.980. The zero-order chi connectivity index (χ0) is 17.1. The van der Waals surface area contributed by atoms with E-state index < -0.39 is 0 Å². The molecule has 0 unspecified atom stereocenters. The minimum atomic E-state index is 0.0906. The van der Waals surface area contributed by atoms with Crippen LogP contribution >= 0.6 is 0 Å². The highest BCUT2D eigenvalue weighted by molar-refractivity contribution is 4.87. The van der Waals surface area contributed by atoms with Gasteiger partial charge < -0.3 is 24.8 Å². The molecule has 0 rings (SSSR count). The number of aliphatic hydroxyl groups excluding tert-OH is 3. The molecule has 0 aromatic rings. The second-order valence-corrected chi connectivity index (χ2v) is 4.58. The summed E-state index contributed by atoms with van der Waals surface area (Å²) in [5.74, 6) is 0. The van der Waals surface area contributed by atoms with Crippen molar-refractivity contribution >= 4 is 0 Å². The van der Waals surface area contributed by atoms with Crippen LogP contribution in [-0.2, 0) is 9.47 Å². The number of aliphatic hydroxyl groups is 3. The molecular weight excluding hydrogens is 272 g/mol. The van der Waals surface area contributed by atoms with E-state index in [-0.39, 0.29) is 19.8 Å². The molecule has 126 valence electrons. The van der Waals surface area contributed by atoms with Gasteiger partial charge in [0, 0.05) is 0 Å². The van der Waals surface area contributed by atoms with Crippen LogP contribution in [-0.4, -0.2) is 61.6 Å². The van der Waals surface area contributed by atoms with Crippen molar-refractivity contribution in [3.63, 3.8) is 0 Å². The van der Waals surface area contributed by atoms with Gasteiger partial charge in [0.15, 0.2) is 0 Å². The Labute approximate surface area is 129 Å². The second kappa shape index (κ2) is 21.3. The van der Waals surface area contributed by atoms with Crippen molar-refractivity contribution in [1.29, 1.82) is 0 Å². The molecule has 0 saturated heterocycles. The zero-order valence-electron chi connectivity index (χ0n) is 13.7. The molecule has 0 amide bonds. The topological polar surface area (TPSA) is 79.2 Å². The highest BCUT2D eigenvalue weighted by Crippen LogP contribution is 1.86. The summed E-state index contributed by atoms with van der Waals surface area (Å²) < 4.78 is 9.79. The molecule has 0 aliphatic rings. The van der Waals surface area contributed by atoms with Gasteiger partial charge in [0.05, 0.1) is 46.2 Å². The van der Waals surface area contributed by atoms with Crippen LogP contribution in [0.1, 0.15) is 20.8 Å². The molecule has 0 spiro atoms. The van der Waals surface area contributed by atoms with E-state index >= 15 is 0 Å². The first-order valence-electron chi connectivity index (χ1n) is 6.72. The molecule has 0 aliphatic carbocycles. The maximum atomic E-state index is 8.22. The Kier molecular flexibility index (Phi) is 25.4. The fourth-order valence-corrected chi connectivity index (χ4v) is 0.622. The third kappa shape index (κ3) is 45.4. The quantitative estimate of drug-likeness (QED) is 0.446. The standard InChI is InChI=1S/2C6H12O2.C4H8O/c2*1-6(2)5-8-4-3-7;1-4(2)3-5/h2*7H,1,3-5H2,2H3;5H,1,3H2,2H3. The molecule has 0 bridgehead atoms. The summed E-state index contributed by atoms with van der Waals surface area (Å²) in [5.41, 5.74) is 2.78. The number of rotatable bonds is 9. The van der Waals surface area contributed by atoms with Crippen LogP contribution < -0.4 is 0 Å². The molecule has 5 heteroatoms. The first-order valence-corrected chi connectivity index (χ1v) is 6.72. The van der Waals surface area contributed by atoms with Crippen LogP contribution in [0.5, 0.6) is 0 Å². The molecule has 0 atom stereocenters. The molecule has 0 aromatic heterocycles. The largest absolute Gasteiger partial charge is 0.394 e. The molecule has 5 nitrogen and oxygen atoms in total. The van der Waals surface area contributed by atoms with E-state index in [9.17, 15) is 0 Å². The smallest absolute Gasteiger partial charge is 0.0702 e. The average molecular weight is 304 g/mol. The number of hydrogen-bond acceptors (Lipinski definition) is 5. The van der Waals surface area contributed by atoms with Crippen LogP contribution in [0.3, 0.4) is 0 Å². The van der Waals surface area contributed by atoms with Crippen LogP contribution in [0.25, 0.3) is 0 Å². The van der Waals surface area contributed by atoms with Gasteiger partial charge in [-0.1, -0.05) is 36.5 Å². The van der Waals surface area contributed by atoms with Crippen molar-refractivity contribution in [3.8, 4) is 0 Å². The minimum Gasteiger partial charge on any atom is -0.394 e. The van der Waals surface area contributed by atoms with Gasteiger partial charge in [-0.25, -0.2) is 0 Å². The lowest BCUT2D eigenvalue weighted by Gasteiger charge is -1.98. The lowest BCUT2D eigenvalue weighted by molar-refractivity contribution is 0.108. The van der Waals surface area contributed by atoms with Crippen molar-refractivity contribution in [1.82, 2.24) is 0 Å². The normalized spacial score (nSPS) is 8.86. The van der Waals surface area contributed by atoms with E-state index in [1.807, 2.05) is 13.8 Å². The summed E-state index contributed by atoms with van der Waals surface area (Å²) in [6, 6.07) is 0. The SMILES string of the molecule is C=C(C)CO.C=C(C)COCCO.C=C(C)COCCO. The van der Waals surface area contributed by atoms with Gasteiger partial charge in [-0.15, -0.1) is 0 Å². The van der Waals surface area contributed by atoms with Crippen LogP contribution in [0.15, 0.2) is 36.5 Å². The van der Waals surface area contributed by atoms with Gasteiger partial charge in [0.2, 0.25) is 0 Å². The van der Waals surface area contributed by atoms with Crippen molar-refractivity contribution < 1.29 is 24.8 Å². The van der Waals surface area contributed by atoms with Gasteiger partial charge in [0.1, 0.15) is 0 Å². The van der Waals surface area contributed by atoms with Crippen molar-refractivity contribution in [3.05, 3.63) is 36.5 Å². The zero-order valence-corrected chi connectivity index (χ0v) is 13.7. The molecule has 0 heterocycles. The summed E-state index contributed by atoms with van der Waals surface area (Å²) in [6.45, 7) is 18.4. The highest BCUT2D eigenvalue weighted by Gasteiger charge is 1.84. The van der Waals surface area contributed by atoms with Crippen LogP contribution in [0.2, 0.25) is 0 Å². The third-order valence-corrected chi connectivity index (χ3v) is 1.44. The van der Waals surface area contributed by atoms with E-state index in [0.717, 1.165) is 16.7 Å². The molecule has 3 N–H and O–H groups in total. The van der Waals surface area contributed by atoms with Crippen LogP contribution in [0, 0.1) is 0 Å². The van der Waals surface area contributed by atoms with Crippen molar-refractivity contribution in [2.24, 2.45) is 0 Å². The third-order valence-electron chi connectivity index (χ3n) is 1.44. The van der Waals surface area contributed by atoms with Gasteiger partial charge >= 0.3 is 0 Å². The molecular formula is C16H32O5. The first kappa shape index (κ1) is 25.0. The summed E-state index contributed by atoms with van der Waals surface area (Å²) >= 11 is 0. The highest BCUT2D eigenvalue weighted by atomic mass is 16.5. The summed E-state index contributed by atoms with van der Waals surface area (Å²) in [6.07, 6.45) is 0. The molecule has 0 aromatic carbocycles. The predicted octanol–water partition coefficient (Wildman–Crippen LogP) is 1.70. The molecule has 0 aliphatic heterocycles. The van der Waals surface area contributed by atoms with Crippen molar-refractivity contribution in [2.45, 2.75) is 20.8 Å². The molecule has 0 radical (unpaired) electrons. The maximum Gasteiger partial charge on any atom is 0.0702 e. The van der Waals surface area contributed by atoms with Gasteiger partial charge in [-0.2, -0.15) is 0 Å². The molecule has 0 fully saturated rings. The first-order chi connectivity index (χ1) is 9.81. The summed E-state index contributed by atoms with van der Waals surface area (Å²) in [4.78, 5) is 0. The molecule has 0 saturated carbocycles. The maximum absolute atomic E-state index is 8.22. The average Bonchev–Trinajstić information content (AvgIpc) is 2.40. The lowest BCUT2D eigenvalue weighted by atomic mass is 10.4. The monoisotopic (exact) mass is 304 g/mol. The lowest BCUT2D eigenvalue weighted by Crippen LogP contribution is -2.00. The Morgan fingerprint density at radius 1 is 0.714 bits per heavy atom. The molecule has 21 heavy (non-hydrogen) atoms. The van der Waals surface area contributed by atoms with Crippen LogP contribution in [0.4, 0.5) is 0 Å². The fraction of sp³-hybridized carbons (Fsp3) is 0.625. The minimum absolute atomic E-state index is 0.0906. The Morgan fingerprint density at radius 3 is 1.14 bits per heavy atom. The Morgan fingerprint density at radius 2 is 1.00 bits per heavy atom. The van der Waals surface area contributed by atoms with E-state index in [0.29, 0.717) is 26.4 Å². The predicted molar refractivity (Wildman–Crippen MR) is 87.3 cm³/mol. The van der Waals surface area contributed by atoms with E-state index in [1.165, 1.54) is 0 Å². The van der Waals surface area contributed by atoms with Gasteiger partial charge in [-0.05, 0) is 20.8 Å². The second-order valence-electron chi connectivity index (χ2n) is 4.58. The Bertz CT molecular complexity index is 241. The van der Waals surface area contributed by atoms with Crippen molar-refractivity contribution in [2.75, 3.05) is 46.2 Å². The number of ether oxygens (including phenoxy) is 2. The van der Waals surface area contributed by atoms with E-state index in [1.54, 1.807) is 6.92 Å².